The van der Waals surface area contributed by atoms with E-state index in [9.17, 15) is 9.59 Å². The molecule has 130 valence electrons. The molecule has 2 N–H and O–H groups in total. The number of nitrogens with zero attached hydrogens (tertiary/aromatic N) is 3. The predicted octanol–water partition coefficient (Wildman–Crippen LogP) is 1.99. The summed E-state index contributed by atoms with van der Waals surface area (Å²) < 4.78 is 2.15. The molecule has 1 unspecified atom stereocenters. The van der Waals surface area contributed by atoms with E-state index >= 15 is 0 Å². The van der Waals surface area contributed by atoms with Gasteiger partial charge >= 0.3 is 0 Å². The van der Waals surface area contributed by atoms with Gasteiger partial charge in [0.25, 0.3) is 5.56 Å². The van der Waals surface area contributed by atoms with Crippen LogP contribution in [0.3, 0.4) is 0 Å². The van der Waals surface area contributed by atoms with Crippen LogP contribution in [0.4, 0.5) is 0 Å². The van der Waals surface area contributed by atoms with Crippen molar-refractivity contribution in [3.05, 3.63) is 39.4 Å². The first kappa shape index (κ1) is 18.6. The van der Waals surface area contributed by atoms with Crippen LogP contribution in [0.15, 0.2) is 33.8 Å². The number of rotatable bonds is 6. The zero-order valence-corrected chi connectivity index (χ0v) is 15.8. The van der Waals surface area contributed by atoms with Crippen molar-refractivity contribution in [2.75, 3.05) is 13.6 Å². The molecule has 6 nitrogen and oxygen atoms in total. The van der Waals surface area contributed by atoms with Crippen LogP contribution < -0.4 is 11.3 Å². The molecule has 0 fully saturated rings. The number of aromatic nitrogens is 2. The summed E-state index contributed by atoms with van der Waals surface area (Å²) in [6.45, 7) is 4.66. The van der Waals surface area contributed by atoms with Crippen molar-refractivity contribution in [2.45, 2.75) is 32.9 Å². The summed E-state index contributed by atoms with van der Waals surface area (Å²) in [5.41, 5.74) is 6.40. The third-order valence-corrected chi connectivity index (χ3v) is 4.66. The normalized spacial score (nSPS) is 12.6. The quantitative estimate of drug-likeness (QED) is 0.811. The largest absolute Gasteiger partial charge is 0.344 e. The Kier molecular flexibility index (Phi) is 6.12. The molecule has 0 aliphatic rings. The number of hydrogen-bond acceptors (Lipinski definition) is 4. The van der Waals surface area contributed by atoms with Gasteiger partial charge < -0.3 is 10.6 Å². The number of fused-ring (bicyclic) bond motifs is 1. The first-order valence-corrected chi connectivity index (χ1v) is 8.73. The third-order valence-electron chi connectivity index (χ3n) is 4.17. The molecule has 0 spiro atoms. The van der Waals surface area contributed by atoms with Crippen LogP contribution in [0.25, 0.3) is 10.9 Å². The van der Waals surface area contributed by atoms with E-state index in [1.807, 2.05) is 6.07 Å². The number of likely N-dealkylation sites (N-methyl/N-ethyl adjacent to an activating group) is 1. The van der Waals surface area contributed by atoms with Crippen LogP contribution >= 0.6 is 15.9 Å². The van der Waals surface area contributed by atoms with Gasteiger partial charge in [0.15, 0.2) is 0 Å². The van der Waals surface area contributed by atoms with Crippen LogP contribution in [0.1, 0.15) is 20.3 Å². The predicted molar refractivity (Wildman–Crippen MR) is 98.8 cm³/mol. The number of halogens is 1. The maximum Gasteiger partial charge on any atom is 0.261 e. The van der Waals surface area contributed by atoms with Gasteiger partial charge in [-0.2, -0.15) is 0 Å². The van der Waals surface area contributed by atoms with Gasteiger partial charge in [-0.1, -0.05) is 29.8 Å². The second-order valence-electron chi connectivity index (χ2n) is 6.35. The van der Waals surface area contributed by atoms with E-state index in [-0.39, 0.29) is 24.1 Å². The van der Waals surface area contributed by atoms with Crippen LogP contribution in [0.5, 0.6) is 0 Å². The van der Waals surface area contributed by atoms with Crippen molar-refractivity contribution in [3.63, 3.8) is 0 Å². The zero-order valence-electron chi connectivity index (χ0n) is 14.2. The van der Waals surface area contributed by atoms with E-state index in [0.29, 0.717) is 23.4 Å². The summed E-state index contributed by atoms with van der Waals surface area (Å²) in [6, 6.07) is 5.38. The first-order valence-electron chi connectivity index (χ1n) is 7.94. The van der Waals surface area contributed by atoms with Crippen molar-refractivity contribution in [1.29, 1.82) is 0 Å². The second kappa shape index (κ2) is 7.90. The highest BCUT2D eigenvalue weighted by Crippen LogP contribution is 2.14. The Morgan fingerprint density at radius 3 is 2.79 bits per heavy atom. The Balaban J connectivity index is 2.10. The average Bonchev–Trinajstić information content (AvgIpc) is 2.55. The maximum absolute atomic E-state index is 12.5. The van der Waals surface area contributed by atoms with Gasteiger partial charge in [-0.3, -0.25) is 14.2 Å². The molecule has 1 aromatic heterocycles. The molecule has 0 saturated heterocycles. The highest BCUT2D eigenvalue weighted by Gasteiger charge is 2.14. The molecule has 2 rings (SSSR count). The molecule has 0 aliphatic heterocycles. The summed E-state index contributed by atoms with van der Waals surface area (Å²) in [5, 5.41) is 0.490. The van der Waals surface area contributed by atoms with E-state index in [0.717, 1.165) is 10.9 Å². The van der Waals surface area contributed by atoms with E-state index in [1.165, 1.54) is 10.9 Å². The Labute approximate surface area is 149 Å². The molecule has 2 aromatic rings. The minimum atomic E-state index is -0.220. The van der Waals surface area contributed by atoms with Crippen molar-refractivity contribution < 1.29 is 4.79 Å². The highest BCUT2D eigenvalue weighted by molar-refractivity contribution is 9.10. The molecule has 0 bridgehead atoms. The van der Waals surface area contributed by atoms with E-state index in [2.05, 4.69) is 34.8 Å². The van der Waals surface area contributed by atoms with Crippen LogP contribution in [-0.4, -0.2) is 40.0 Å². The first-order chi connectivity index (χ1) is 11.3. The lowest BCUT2D eigenvalue weighted by molar-refractivity contribution is -0.130. The van der Waals surface area contributed by atoms with Gasteiger partial charge in [-0.05, 0) is 30.5 Å². The van der Waals surface area contributed by atoms with Crippen LogP contribution in [0.2, 0.25) is 0 Å². The standard InChI is InChI=1S/C17H23BrN4O2/c1-11(2)14(19)6-7-21(3)16(23)9-22-10-20-15-5-4-12(18)8-13(15)17(22)24/h4-5,8,10-11,14H,6-7,9,19H2,1-3H3. The minimum absolute atomic E-state index is 0.0261. The maximum atomic E-state index is 12.5. The van der Waals surface area contributed by atoms with Crippen molar-refractivity contribution >= 4 is 32.7 Å². The second-order valence-corrected chi connectivity index (χ2v) is 7.27. The SMILES string of the molecule is CC(C)C(N)CCN(C)C(=O)Cn1cnc2ccc(Br)cc2c1=O. The summed E-state index contributed by atoms with van der Waals surface area (Å²) in [7, 11) is 1.73. The fourth-order valence-corrected chi connectivity index (χ4v) is 2.67. The number of carbonyl (C=O) groups excluding carboxylic acids is 1. The van der Waals surface area contributed by atoms with Gasteiger partial charge in [0.2, 0.25) is 5.91 Å². The average molecular weight is 395 g/mol. The molecule has 1 heterocycles. The number of carbonyl (C=O) groups is 1. The van der Waals surface area contributed by atoms with E-state index < -0.39 is 0 Å². The van der Waals surface area contributed by atoms with Gasteiger partial charge in [-0.15, -0.1) is 0 Å². The molecule has 0 aliphatic carbocycles. The molecule has 24 heavy (non-hydrogen) atoms. The number of benzene rings is 1. The fraction of sp³-hybridized carbons (Fsp3) is 0.471. The smallest absolute Gasteiger partial charge is 0.261 e. The zero-order chi connectivity index (χ0) is 17.9. The van der Waals surface area contributed by atoms with E-state index in [1.54, 1.807) is 24.1 Å². The van der Waals surface area contributed by atoms with E-state index in [4.69, 9.17) is 5.73 Å². The fourth-order valence-electron chi connectivity index (χ4n) is 2.31. The monoisotopic (exact) mass is 394 g/mol. The number of hydrogen-bond donors (Lipinski definition) is 1. The molecule has 7 heteroatoms. The van der Waals surface area contributed by atoms with Gasteiger partial charge in [0.1, 0.15) is 6.54 Å². The van der Waals surface area contributed by atoms with Crippen molar-refractivity contribution in [2.24, 2.45) is 11.7 Å². The molecule has 0 saturated carbocycles. The Hall–Kier alpha value is -1.73. The lowest BCUT2D eigenvalue weighted by Gasteiger charge is -2.21. The summed E-state index contributed by atoms with van der Waals surface area (Å²) in [5.74, 6) is 0.239. The van der Waals surface area contributed by atoms with Gasteiger partial charge in [0.05, 0.1) is 17.2 Å². The molecule has 1 amide bonds. The van der Waals surface area contributed by atoms with Crippen molar-refractivity contribution in [3.8, 4) is 0 Å². The molecule has 0 radical (unpaired) electrons. The topological polar surface area (TPSA) is 81.2 Å². The number of nitrogens with two attached hydrogens (primary N) is 1. The molecular formula is C17H23BrN4O2. The van der Waals surface area contributed by atoms with Crippen molar-refractivity contribution in [1.82, 2.24) is 14.5 Å². The Bertz CT molecular complexity index is 788. The summed E-state index contributed by atoms with van der Waals surface area (Å²) in [6.07, 6.45) is 2.15. The summed E-state index contributed by atoms with van der Waals surface area (Å²) in [4.78, 5) is 30.7. The lowest BCUT2D eigenvalue weighted by Crippen LogP contribution is -2.37. The molecule has 1 aromatic carbocycles. The van der Waals surface area contributed by atoms with Crippen LogP contribution in [0, 0.1) is 5.92 Å². The minimum Gasteiger partial charge on any atom is -0.344 e. The lowest BCUT2D eigenvalue weighted by atomic mass is 10.0. The van der Waals surface area contributed by atoms with Crippen LogP contribution in [-0.2, 0) is 11.3 Å². The summed E-state index contributed by atoms with van der Waals surface area (Å²) >= 11 is 3.35. The van der Waals surface area contributed by atoms with Gasteiger partial charge in [-0.25, -0.2) is 4.98 Å². The molecule has 1 atom stereocenters. The third kappa shape index (κ3) is 4.42. The molecular weight excluding hydrogens is 372 g/mol. The Morgan fingerprint density at radius 1 is 1.42 bits per heavy atom. The number of amides is 1. The van der Waals surface area contributed by atoms with Gasteiger partial charge in [0, 0.05) is 24.1 Å². The highest BCUT2D eigenvalue weighted by atomic mass is 79.9. The Morgan fingerprint density at radius 2 is 2.12 bits per heavy atom.